The molecule has 2 atom stereocenters. The second-order valence-corrected chi connectivity index (χ2v) is 9.88. The number of benzene rings is 2. The first-order chi connectivity index (χ1) is 18.6. The van der Waals surface area contributed by atoms with Gasteiger partial charge in [-0.2, -0.15) is 13.2 Å². The Morgan fingerprint density at radius 1 is 1.08 bits per heavy atom. The third-order valence-electron chi connectivity index (χ3n) is 7.24. The predicted molar refractivity (Wildman–Crippen MR) is 142 cm³/mol. The number of aromatic nitrogens is 2. The number of nitrogens with one attached hydrogen (secondary N) is 1. The second kappa shape index (κ2) is 11.6. The van der Waals surface area contributed by atoms with E-state index in [1.165, 1.54) is 17.0 Å². The van der Waals surface area contributed by atoms with E-state index in [4.69, 9.17) is 4.98 Å². The van der Waals surface area contributed by atoms with Gasteiger partial charge < -0.3 is 14.8 Å². The lowest BCUT2D eigenvalue weighted by Crippen LogP contribution is -2.46. The summed E-state index contributed by atoms with van der Waals surface area (Å²) in [5.74, 6) is 0.395. The first-order valence-corrected chi connectivity index (χ1v) is 13.1. The Morgan fingerprint density at radius 2 is 1.74 bits per heavy atom. The standard InChI is InChI=1S/C29H34F3N5O2/c1-5-23-34-24(28(39)35(3)4)26-22(16-13-19-11-14-21(15-12-19)29(30,31)32)36(17-18-37(23)26)25(27(38)33-2)20-9-7-6-8-10-20/h6-12,14-15,22,25H,5,13,16-18H2,1-4H3,(H,33,38)/t22?,25-/m1/s1. The Morgan fingerprint density at radius 3 is 2.31 bits per heavy atom. The van der Waals surface area contributed by atoms with Crippen molar-refractivity contribution in [3.8, 4) is 0 Å². The molecular weight excluding hydrogens is 507 g/mol. The van der Waals surface area contributed by atoms with E-state index in [9.17, 15) is 22.8 Å². The molecule has 0 aliphatic carbocycles. The van der Waals surface area contributed by atoms with E-state index in [0.717, 1.165) is 34.8 Å². The number of fused-ring (bicyclic) bond motifs is 1. The fourth-order valence-corrected chi connectivity index (χ4v) is 5.31. The minimum absolute atomic E-state index is 0.176. The maximum atomic E-state index is 13.3. The van der Waals surface area contributed by atoms with Crippen LogP contribution in [0.1, 0.15) is 64.1 Å². The fourth-order valence-electron chi connectivity index (χ4n) is 5.31. The summed E-state index contributed by atoms with van der Waals surface area (Å²) in [5, 5.41) is 2.79. The van der Waals surface area contributed by atoms with Crippen LogP contribution >= 0.6 is 0 Å². The van der Waals surface area contributed by atoms with Crippen molar-refractivity contribution in [2.45, 2.75) is 51.0 Å². The molecule has 0 radical (unpaired) electrons. The van der Waals surface area contributed by atoms with E-state index in [1.54, 1.807) is 21.1 Å². The lowest BCUT2D eigenvalue weighted by atomic mass is 9.93. The van der Waals surface area contributed by atoms with Gasteiger partial charge in [-0.25, -0.2) is 4.98 Å². The summed E-state index contributed by atoms with van der Waals surface area (Å²) in [7, 11) is 4.95. The zero-order valence-corrected chi connectivity index (χ0v) is 22.6. The molecule has 0 fully saturated rings. The number of likely N-dealkylation sites (N-methyl/N-ethyl adjacent to an activating group) is 1. The molecule has 0 bridgehead atoms. The van der Waals surface area contributed by atoms with Crippen molar-refractivity contribution < 1.29 is 22.8 Å². The largest absolute Gasteiger partial charge is 0.416 e. The number of carbonyl (C=O) groups excluding carboxylic acids is 2. The first kappa shape index (κ1) is 28.4. The Bertz CT molecular complexity index is 1300. The second-order valence-electron chi connectivity index (χ2n) is 9.88. The number of halogens is 3. The normalized spacial score (nSPS) is 16.4. The number of alkyl halides is 3. The summed E-state index contributed by atoms with van der Waals surface area (Å²) in [5.41, 5.74) is 1.96. The van der Waals surface area contributed by atoms with Crippen LogP contribution in [-0.4, -0.2) is 58.9 Å². The Hall–Kier alpha value is -3.66. The quantitative estimate of drug-likeness (QED) is 0.451. The Labute approximate surface area is 226 Å². The maximum Gasteiger partial charge on any atom is 0.416 e. The van der Waals surface area contributed by atoms with Gasteiger partial charge in [-0.3, -0.25) is 14.5 Å². The number of rotatable bonds is 8. The van der Waals surface area contributed by atoms with Crippen molar-refractivity contribution in [1.29, 1.82) is 0 Å². The number of hydrogen-bond donors (Lipinski definition) is 1. The Balaban J connectivity index is 1.80. The van der Waals surface area contributed by atoms with Crippen LogP contribution in [0.4, 0.5) is 13.2 Å². The lowest BCUT2D eigenvalue weighted by Gasteiger charge is -2.42. The Kier molecular flexibility index (Phi) is 8.44. The predicted octanol–water partition coefficient (Wildman–Crippen LogP) is 4.64. The van der Waals surface area contributed by atoms with Crippen LogP contribution in [0.2, 0.25) is 0 Å². The number of nitrogens with zero attached hydrogens (tertiary/aromatic N) is 4. The van der Waals surface area contributed by atoms with Crippen molar-refractivity contribution in [3.05, 3.63) is 88.5 Å². The summed E-state index contributed by atoms with van der Waals surface area (Å²) in [6, 6.07) is 13.6. The molecule has 1 N–H and O–H groups in total. The minimum atomic E-state index is -4.40. The van der Waals surface area contributed by atoms with E-state index in [-0.39, 0.29) is 17.9 Å². The van der Waals surface area contributed by atoms with E-state index in [0.29, 0.717) is 38.0 Å². The van der Waals surface area contributed by atoms with Gasteiger partial charge in [-0.15, -0.1) is 0 Å². The number of hydrogen-bond acceptors (Lipinski definition) is 4. The minimum Gasteiger partial charge on any atom is -0.358 e. The van der Waals surface area contributed by atoms with Gasteiger partial charge in [0.1, 0.15) is 11.9 Å². The van der Waals surface area contributed by atoms with Gasteiger partial charge >= 0.3 is 6.18 Å². The van der Waals surface area contributed by atoms with Crippen molar-refractivity contribution in [2.75, 3.05) is 27.7 Å². The molecule has 208 valence electrons. The van der Waals surface area contributed by atoms with Crippen LogP contribution in [0.15, 0.2) is 54.6 Å². The SMILES string of the molecule is CCc1nc(C(=O)N(C)C)c2n1CCN([C@@H](C(=O)NC)c1ccccc1)C2CCc1ccc(C(F)(F)F)cc1. The van der Waals surface area contributed by atoms with E-state index in [1.807, 2.05) is 37.3 Å². The van der Waals surface area contributed by atoms with Crippen LogP contribution in [0.25, 0.3) is 0 Å². The van der Waals surface area contributed by atoms with E-state index < -0.39 is 17.8 Å². The molecule has 7 nitrogen and oxygen atoms in total. The van der Waals surface area contributed by atoms with Crippen LogP contribution in [0, 0.1) is 0 Å². The fraction of sp³-hybridized carbons (Fsp3) is 0.414. The van der Waals surface area contributed by atoms with Gasteiger partial charge in [0.05, 0.1) is 17.3 Å². The molecule has 1 aromatic heterocycles. The third kappa shape index (κ3) is 5.85. The molecular formula is C29H34F3N5O2. The molecule has 2 aromatic carbocycles. The molecule has 3 aromatic rings. The highest BCUT2D eigenvalue weighted by Crippen LogP contribution is 2.39. The zero-order chi connectivity index (χ0) is 28.3. The number of imidazole rings is 1. The first-order valence-electron chi connectivity index (χ1n) is 13.1. The highest BCUT2D eigenvalue weighted by molar-refractivity contribution is 5.93. The molecule has 4 rings (SSSR count). The monoisotopic (exact) mass is 541 g/mol. The summed E-state index contributed by atoms with van der Waals surface area (Å²) in [6.07, 6.45) is -2.83. The molecule has 0 saturated carbocycles. The molecule has 10 heteroatoms. The van der Waals surface area contributed by atoms with E-state index >= 15 is 0 Å². The molecule has 1 aliphatic rings. The summed E-state index contributed by atoms with van der Waals surface area (Å²) >= 11 is 0. The summed E-state index contributed by atoms with van der Waals surface area (Å²) < 4.78 is 41.4. The molecule has 2 heterocycles. The number of amides is 2. The average Bonchev–Trinajstić information content (AvgIpc) is 3.31. The van der Waals surface area contributed by atoms with Crippen LogP contribution in [0.5, 0.6) is 0 Å². The highest BCUT2D eigenvalue weighted by Gasteiger charge is 2.40. The molecule has 0 saturated heterocycles. The van der Waals surface area contributed by atoms with Gasteiger partial charge in [-0.05, 0) is 36.1 Å². The lowest BCUT2D eigenvalue weighted by molar-refractivity contribution is -0.137. The van der Waals surface area contributed by atoms with Gasteiger partial charge in [-0.1, -0.05) is 49.4 Å². The van der Waals surface area contributed by atoms with Crippen molar-refractivity contribution in [2.24, 2.45) is 0 Å². The van der Waals surface area contributed by atoms with Gasteiger partial charge in [0.15, 0.2) is 5.69 Å². The molecule has 1 unspecified atom stereocenters. The molecule has 1 aliphatic heterocycles. The van der Waals surface area contributed by atoms with Crippen LogP contribution in [0.3, 0.4) is 0 Å². The van der Waals surface area contributed by atoms with Gasteiger partial charge in [0.2, 0.25) is 5.91 Å². The topological polar surface area (TPSA) is 70.5 Å². The number of carbonyl (C=O) groups is 2. The van der Waals surface area contributed by atoms with E-state index in [2.05, 4.69) is 14.8 Å². The molecule has 0 spiro atoms. The summed E-state index contributed by atoms with van der Waals surface area (Å²) in [6.45, 7) is 3.08. The average molecular weight is 542 g/mol. The third-order valence-corrected chi connectivity index (χ3v) is 7.24. The molecule has 2 amide bonds. The van der Waals surface area contributed by atoms with Gasteiger partial charge in [0, 0.05) is 40.7 Å². The highest BCUT2D eigenvalue weighted by atomic mass is 19.4. The van der Waals surface area contributed by atoms with Crippen LogP contribution < -0.4 is 5.32 Å². The van der Waals surface area contributed by atoms with Crippen molar-refractivity contribution in [1.82, 2.24) is 24.7 Å². The summed E-state index contributed by atoms with van der Waals surface area (Å²) in [4.78, 5) is 34.9. The van der Waals surface area contributed by atoms with Crippen LogP contribution in [-0.2, 0) is 30.4 Å². The maximum absolute atomic E-state index is 13.3. The van der Waals surface area contributed by atoms with Gasteiger partial charge in [0.25, 0.3) is 5.91 Å². The molecule has 39 heavy (non-hydrogen) atoms. The zero-order valence-electron chi connectivity index (χ0n) is 22.6. The van der Waals surface area contributed by atoms with Crippen molar-refractivity contribution in [3.63, 3.8) is 0 Å². The number of aryl methyl sites for hydroxylation is 2. The van der Waals surface area contributed by atoms with Crippen molar-refractivity contribution >= 4 is 11.8 Å². The smallest absolute Gasteiger partial charge is 0.358 e.